The SMILES string of the molecule is O=C1c2ccccc2C(=O)c2c1cccc2S(=O)(=O)NCc1c(F)cccc1Cl. The Balaban J connectivity index is 1.77. The summed E-state index contributed by atoms with van der Waals surface area (Å²) in [6.45, 7) is -0.407. The Morgan fingerprint density at radius 1 is 0.828 bits per heavy atom. The van der Waals surface area contributed by atoms with Gasteiger partial charge in [0.2, 0.25) is 10.0 Å². The van der Waals surface area contributed by atoms with E-state index in [1.165, 1.54) is 48.5 Å². The monoisotopic (exact) mass is 429 g/mol. The van der Waals surface area contributed by atoms with Crippen molar-refractivity contribution in [3.63, 3.8) is 0 Å². The van der Waals surface area contributed by atoms with Gasteiger partial charge in [-0.05, 0) is 18.2 Å². The molecule has 146 valence electrons. The Kier molecular flexibility index (Phi) is 4.82. The summed E-state index contributed by atoms with van der Waals surface area (Å²) >= 11 is 5.94. The molecule has 0 heterocycles. The summed E-state index contributed by atoms with van der Waals surface area (Å²) in [5.41, 5.74) is 0.176. The number of benzene rings is 3. The zero-order chi connectivity index (χ0) is 20.8. The number of fused-ring (bicyclic) bond motifs is 2. The number of hydrogen-bond acceptors (Lipinski definition) is 4. The topological polar surface area (TPSA) is 80.3 Å². The number of carbonyl (C=O) groups is 2. The van der Waals surface area contributed by atoms with Gasteiger partial charge in [0.25, 0.3) is 0 Å². The lowest BCUT2D eigenvalue weighted by Gasteiger charge is -2.20. The van der Waals surface area contributed by atoms with Crippen LogP contribution in [0.2, 0.25) is 5.02 Å². The van der Waals surface area contributed by atoms with Crippen molar-refractivity contribution >= 4 is 33.2 Å². The van der Waals surface area contributed by atoms with Gasteiger partial charge in [-0.15, -0.1) is 0 Å². The Bertz CT molecular complexity index is 1270. The van der Waals surface area contributed by atoms with Gasteiger partial charge in [0, 0.05) is 33.8 Å². The van der Waals surface area contributed by atoms with Gasteiger partial charge in [-0.2, -0.15) is 0 Å². The minimum absolute atomic E-state index is 0.0144. The molecule has 0 saturated heterocycles. The Hall–Kier alpha value is -2.87. The maximum Gasteiger partial charge on any atom is 0.241 e. The molecule has 0 bridgehead atoms. The van der Waals surface area contributed by atoms with Crippen molar-refractivity contribution in [2.24, 2.45) is 0 Å². The van der Waals surface area contributed by atoms with Crippen molar-refractivity contribution < 1.29 is 22.4 Å². The van der Waals surface area contributed by atoms with Crippen molar-refractivity contribution in [2.45, 2.75) is 11.4 Å². The van der Waals surface area contributed by atoms with Crippen LogP contribution in [-0.2, 0) is 16.6 Å². The van der Waals surface area contributed by atoms with Crippen LogP contribution < -0.4 is 4.72 Å². The van der Waals surface area contributed by atoms with Crippen LogP contribution in [0, 0.1) is 5.82 Å². The molecule has 4 rings (SSSR count). The third kappa shape index (κ3) is 3.27. The second-order valence-corrected chi connectivity index (χ2v) is 8.55. The zero-order valence-electron chi connectivity index (χ0n) is 14.8. The molecule has 0 amide bonds. The van der Waals surface area contributed by atoms with Crippen LogP contribution in [0.5, 0.6) is 0 Å². The summed E-state index contributed by atoms with van der Waals surface area (Å²) in [4.78, 5) is 25.4. The van der Waals surface area contributed by atoms with Crippen molar-refractivity contribution in [1.82, 2.24) is 4.72 Å². The van der Waals surface area contributed by atoms with E-state index < -0.39 is 34.0 Å². The van der Waals surface area contributed by atoms with Gasteiger partial charge in [0.1, 0.15) is 5.82 Å². The highest BCUT2D eigenvalue weighted by Crippen LogP contribution is 2.31. The van der Waals surface area contributed by atoms with Crippen molar-refractivity contribution in [3.8, 4) is 0 Å². The molecular weight excluding hydrogens is 417 g/mol. The number of ketones is 2. The average Bonchev–Trinajstić information content (AvgIpc) is 2.71. The first-order valence-corrected chi connectivity index (χ1v) is 10.4. The normalized spacial score (nSPS) is 13.2. The molecule has 0 radical (unpaired) electrons. The summed E-state index contributed by atoms with van der Waals surface area (Å²) in [6, 6.07) is 14.3. The number of nitrogens with one attached hydrogen (secondary N) is 1. The van der Waals surface area contributed by atoms with Crippen LogP contribution in [0.4, 0.5) is 4.39 Å². The molecule has 1 N–H and O–H groups in total. The average molecular weight is 430 g/mol. The summed E-state index contributed by atoms with van der Waals surface area (Å²) < 4.78 is 42.1. The molecule has 0 aromatic heterocycles. The quantitative estimate of drug-likeness (QED) is 0.536. The molecule has 0 saturated carbocycles. The van der Waals surface area contributed by atoms with E-state index in [0.717, 1.165) is 0 Å². The predicted octanol–water partition coefficient (Wildman–Crippen LogP) is 3.73. The van der Waals surface area contributed by atoms with Crippen molar-refractivity contribution in [1.29, 1.82) is 0 Å². The molecule has 3 aromatic rings. The highest BCUT2D eigenvalue weighted by Gasteiger charge is 2.34. The van der Waals surface area contributed by atoms with Gasteiger partial charge in [0.15, 0.2) is 11.6 Å². The molecular formula is C21H13ClFNO4S. The predicted molar refractivity (Wildman–Crippen MR) is 105 cm³/mol. The molecule has 3 aromatic carbocycles. The van der Waals surface area contributed by atoms with Gasteiger partial charge in [-0.3, -0.25) is 9.59 Å². The second-order valence-electron chi connectivity index (χ2n) is 6.41. The molecule has 5 nitrogen and oxygen atoms in total. The minimum atomic E-state index is -4.24. The highest BCUT2D eigenvalue weighted by molar-refractivity contribution is 7.89. The van der Waals surface area contributed by atoms with E-state index in [9.17, 15) is 22.4 Å². The molecule has 0 fully saturated rings. The smallest absolute Gasteiger partial charge is 0.241 e. The summed E-state index contributed by atoms with van der Waals surface area (Å²) in [6.07, 6.45) is 0. The highest BCUT2D eigenvalue weighted by atomic mass is 35.5. The van der Waals surface area contributed by atoms with E-state index in [1.807, 2.05) is 0 Å². The molecule has 0 spiro atoms. The first-order chi connectivity index (χ1) is 13.8. The standard InChI is InChI=1S/C21H13ClFNO4S/c22-16-8-4-9-17(23)15(16)11-24-29(27,28)18-10-3-7-14-19(18)21(26)13-6-2-1-5-12(13)20(14)25/h1-10,24H,11H2. The number of rotatable bonds is 4. The van der Waals surface area contributed by atoms with Crippen LogP contribution in [0.25, 0.3) is 0 Å². The Morgan fingerprint density at radius 3 is 2.14 bits per heavy atom. The van der Waals surface area contributed by atoms with Gasteiger partial charge < -0.3 is 0 Å². The maximum absolute atomic E-state index is 14.0. The molecule has 0 unspecified atom stereocenters. The number of halogens is 2. The van der Waals surface area contributed by atoms with Crippen LogP contribution in [0.15, 0.2) is 65.6 Å². The lowest BCUT2D eigenvalue weighted by molar-refractivity contribution is 0.0976. The molecule has 1 aliphatic rings. The van der Waals surface area contributed by atoms with Crippen LogP contribution >= 0.6 is 11.6 Å². The fraction of sp³-hybridized carbons (Fsp3) is 0.0476. The maximum atomic E-state index is 14.0. The number of hydrogen-bond donors (Lipinski definition) is 1. The van der Waals surface area contributed by atoms with E-state index in [4.69, 9.17) is 11.6 Å². The lowest BCUT2D eigenvalue weighted by Crippen LogP contribution is -2.29. The van der Waals surface area contributed by atoms with E-state index in [1.54, 1.807) is 12.1 Å². The Morgan fingerprint density at radius 2 is 1.45 bits per heavy atom. The van der Waals surface area contributed by atoms with E-state index in [-0.39, 0.29) is 37.7 Å². The first-order valence-electron chi connectivity index (χ1n) is 8.55. The van der Waals surface area contributed by atoms with E-state index >= 15 is 0 Å². The van der Waals surface area contributed by atoms with Crippen LogP contribution in [-0.4, -0.2) is 20.0 Å². The van der Waals surface area contributed by atoms with Crippen molar-refractivity contribution in [2.75, 3.05) is 0 Å². The second kappa shape index (κ2) is 7.18. The third-order valence-electron chi connectivity index (χ3n) is 4.70. The van der Waals surface area contributed by atoms with Gasteiger partial charge in [-0.25, -0.2) is 17.5 Å². The van der Waals surface area contributed by atoms with Crippen LogP contribution in [0.1, 0.15) is 37.4 Å². The largest absolute Gasteiger partial charge is 0.289 e. The molecule has 29 heavy (non-hydrogen) atoms. The van der Waals surface area contributed by atoms with E-state index in [0.29, 0.717) is 0 Å². The van der Waals surface area contributed by atoms with Crippen molar-refractivity contribution in [3.05, 3.63) is 99.3 Å². The minimum Gasteiger partial charge on any atom is -0.289 e. The molecule has 8 heteroatoms. The molecule has 0 aliphatic heterocycles. The van der Waals surface area contributed by atoms with E-state index in [2.05, 4.69) is 4.72 Å². The lowest BCUT2D eigenvalue weighted by atomic mass is 9.84. The summed E-state index contributed by atoms with van der Waals surface area (Å²) in [5, 5.41) is 0.0722. The Labute approximate surface area is 171 Å². The summed E-state index contributed by atoms with van der Waals surface area (Å²) in [7, 11) is -4.24. The zero-order valence-corrected chi connectivity index (χ0v) is 16.4. The first kappa shape index (κ1) is 19.4. The fourth-order valence-electron chi connectivity index (χ4n) is 3.28. The van der Waals surface area contributed by atoms with Crippen LogP contribution in [0.3, 0.4) is 0 Å². The van der Waals surface area contributed by atoms with Gasteiger partial charge in [0.05, 0.1) is 10.5 Å². The van der Waals surface area contributed by atoms with Gasteiger partial charge >= 0.3 is 0 Å². The third-order valence-corrected chi connectivity index (χ3v) is 6.50. The number of carbonyl (C=O) groups excluding carboxylic acids is 2. The molecule has 0 atom stereocenters. The number of sulfonamides is 1. The summed E-state index contributed by atoms with van der Waals surface area (Å²) in [5.74, 6) is -1.64. The van der Waals surface area contributed by atoms with Gasteiger partial charge in [-0.1, -0.05) is 54.1 Å². The fourth-order valence-corrected chi connectivity index (χ4v) is 4.73. The molecule has 1 aliphatic carbocycles.